The average Bonchev–Trinajstić information content (AvgIpc) is 2.87. The van der Waals surface area contributed by atoms with Crippen molar-refractivity contribution >= 4 is 45.2 Å². The van der Waals surface area contributed by atoms with Gasteiger partial charge in [0.2, 0.25) is 5.91 Å². The zero-order chi connectivity index (χ0) is 18.0. The second-order valence-electron chi connectivity index (χ2n) is 5.33. The van der Waals surface area contributed by atoms with E-state index in [1.165, 1.54) is 18.2 Å². The van der Waals surface area contributed by atoms with E-state index in [1.807, 2.05) is 18.2 Å². The largest absolute Gasteiger partial charge is 0.478 e. The summed E-state index contributed by atoms with van der Waals surface area (Å²) in [5.41, 5.74) is 1.88. The molecule has 0 atom stereocenters. The summed E-state index contributed by atoms with van der Waals surface area (Å²) < 4.78 is 2.41. The van der Waals surface area contributed by atoms with Crippen molar-refractivity contribution < 1.29 is 14.7 Å². The van der Waals surface area contributed by atoms with E-state index in [2.05, 4.69) is 5.32 Å². The molecule has 0 aliphatic carbocycles. The predicted octanol–water partition coefficient (Wildman–Crippen LogP) is 2.95. The number of carbonyl (C=O) groups is 2. The summed E-state index contributed by atoms with van der Waals surface area (Å²) in [7, 11) is 1.71. The Morgan fingerprint density at radius 2 is 1.96 bits per heavy atom. The lowest BCUT2D eigenvalue weighted by atomic mass is 10.1. The van der Waals surface area contributed by atoms with Crippen molar-refractivity contribution in [2.45, 2.75) is 0 Å². The fraction of sp³-hybridized carbons (Fsp3) is 0.0556. The van der Waals surface area contributed by atoms with Gasteiger partial charge in [0.1, 0.15) is 0 Å². The number of hydrogen-bond donors (Lipinski definition) is 2. The number of thiazole rings is 1. The third kappa shape index (κ3) is 3.51. The van der Waals surface area contributed by atoms with Gasteiger partial charge in [-0.15, -0.1) is 0 Å². The Morgan fingerprint density at radius 1 is 1.20 bits per heavy atom. The molecule has 0 bridgehead atoms. The van der Waals surface area contributed by atoms with Gasteiger partial charge in [0, 0.05) is 13.1 Å². The number of aryl methyl sites for hydroxylation is 1. The SMILES string of the molecule is Cn1c(=O)sc2cc(C=CC(=O)Nc3ccccc3C(=O)O)ccc21. The van der Waals surface area contributed by atoms with Crippen molar-refractivity contribution in [3.8, 4) is 0 Å². The first-order valence-corrected chi connectivity index (χ1v) is 8.18. The van der Waals surface area contributed by atoms with Crippen LogP contribution in [0.2, 0.25) is 0 Å². The molecule has 0 aliphatic rings. The lowest BCUT2D eigenvalue weighted by molar-refractivity contribution is -0.111. The number of rotatable bonds is 4. The number of aromatic nitrogens is 1. The van der Waals surface area contributed by atoms with Crippen LogP contribution in [0.25, 0.3) is 16.3 Å². The van der Waals surface area contributed by atoms with E-state index >= 15 is 0 Å². The van der Waals surface area contributed by atoms with E-state index in [4.69, 9.17) is 5.11 Å². The summed E-state index contributed by atoms with van der Waals surface area (Å²) in [6.45, 7) is 0. The standard InChI is InChI=1S/C18H14N2O4S/c1-20-14-8-6-11(10-15(14)25-18(20)24)7-9-16(21)19-13-5-3-2-4-12(13)17(22)23/h2-10H,1H3,(H,19,21)(H,22,23). The monoisotopic (exact) mass is 354 g/mol. The average molecular weight is 354 g/mol. The Kier molecular flexibility index (Phi) is 4.49. The number of anilines is 1. The molecule has 3 rings (SSSR count). The van der Waals surface area contributed by atoms with Crippen molar-refractivity contribution in [2.75, 3.05) is 5.32 Å². The molecule has 1 aromatic heterocycles. The highest BCUT2D eigenvalue weighted by Gasteiger charge is 2.10. The smallest absolute Gasteiger partial charge is 0.337 e. The quantitative estimate of drug-likeness (QED) is 0.705. The second-order valence-corrected chi connectivity index (χ2v) is 6.32. The maximum absolute atomic E-state index is 12.0. The molecule has 0 saturated carbocycles. The number of hydrogen-bond acceptors (Lipinski definition) is 4. The topological polar surface area (TPSA) is 88.4 Å². The van der Waals surface area contributed by atoms with Crippen LogP contribution in [0.15, 0.2) is 53.3 Å². The Bertz CT molecular complexity index is 1060. The molecule has 0 spiro atoms. The van der Waals surface area contributed by atoms with Crippen molar-refractivity contribution in [3.05, 3.63) is 69.3 Å². The zero-order valence-corrected chi connectivity index (χ0v) is 14.0. The summed E-state index contributed by atoms with van der Waals surface area (Å²) in [6, 6.07) is 11.7. The molecule has 0 unspecified atom stereocenters. The van der Waals surface area contributed by atoms with Gasteiger partial charge in [0.05, 0.1) is 21.5 Å². The molecule has 2 aromatic carbocycles. The van der Waals surface area contributed by atoms with Crippen molar-refractivity contribution in [1.29, 1.82) is 0 Å². The number of carboxylic acid groups (broad SMARTS) is 1. The number of fused-ring (bicyclic) bond motifs is 1. The number of nitrogens with zero attached hydrogens (tertiary/aromatic N) is 1. The Labute approximate surface area is 146 Å². The lowest BCUT2D eigenvalue weighted by Gasteiger charge is -2.05. The Balaban J connectivity index is 1.79. The molecule has 2 N–H and O–H groups in total. The molecule has 6 nitrogen and oxygen atoms in total. The summed E-state index contributed by atoms with van der Waals surface area (Å²) in [4.78, 5) is 34.8. The number of carbonyl (C=O) groups excluding carboxylic acids is 1. The van der Waals surface area contributed by atoms with Gasteiger partial charge in [0.15, 0.2) is 0 Å². The summed E-state index contributed by atoms with van der Waals surface area (Å²) in [5, 5.41) is 11.7. The van der Waals surface area contributed by atoms with Crippen molar-refractivity contribution in [3.63, 3.8) is 0 Å². The van der Waals surface area contributed by atoms with Crippen LogP contribution in [0.1, 0.15) is 15.9 Å². The molecule has 1 heterocycles. The summed E-state index contributed by atoms with van der Waals surface area (Å²) in [5.74, 6) is -1.54. The van der Waals surface area contributed by atoms with E-state index in [0.717, 1.165) is 27.1 Å². The molecule has 0 saturated heterocycles. The molecule has 0 radical (unpaired) electrons. The summed E-state index contributed by atoms with van der Waals surface area (Å²) >= 11 is 1.14. The molecule has 7 heteroatoms. The van der Waals surface area contributed by atoms with Gasteiger partial charge in [-0.1, -0.05) is 29.5 Å². The van der Waals surface area contributed by atoms with Gasteiger partial charge in [0.25, 0.3) is 0 Å². The fourth-order valence-electron chi connectivity index (χ4n) is 2.38. The van der Waals surface area contributed by atoms with Crippen molar-refractivity contribution in [2.24, 2.45) is 7.05 Å². The summed E-state index contributed by atoms with van der Waals surface area (Å²) in [6.07, 6.45) is 2.94. The molecule has 0 fully saturated rings. The molecule has 3 aromatic rings. The number of benzene rings is 2. The van der Waals surface area contributed by atoms with Crippen LogP contribution in [0.4, 0.5) is 5.69 Å². The molecule has 0 aliphatic heterocycles. The lowest BCUT2D eigenvalue weighted by Crippen LogP contribution is -2.11. The van der Waals surface area contributed by atoms with Gasteiger partial charge in [-0.25, -0.2) is 4.79 Å². The first-order chi connectivity index (χ1) is 12.0. The molecule has 25 heavy (non-hydrogen) atoms. The maximum atomic E-state index is 12.0. The van der Waals surface area contributed by atoms with Gasteiger partial charge < -0.3 is 15.0 Å². The van der Waals surface area contributed by atoms with E-state index in [-0.39, 0.29) is 16.1 Å². The highest BCUT2D eigenvalue weighted by Crippen LogP contribution is 2.19. The van der Waals surface area contributed by atoms with Crippen LogP contribution in [0.3, 0.4) is 0 Å². The second kappa shape index (κ2) is 6.74. The van der Waals surface area contributed by atoms with E-state index in [9.17, 15) is 14.4 Å². The van der Waals surface area contributed by atoms with Crippen molar-refractivity contribution in [1.82, 2.24) is 4.57 Å². The first kappa shape index (κ1) is 16.7. The van der Waals surface area contributed by atoms with E-state index in [0.29, 0.717) is 0 Å². The molecule has 126 valence electrons. The predicted molar refractivity (Wildman–Crippen MR) is 98.1 cm³/mol. The highest BCUT2D eigenvalue weighted by atomic mass is 32.1. The van der Waals surface area contributed by atoms with Crippen LogP contribution in [-0.2, 0) is 11.8 Å². The van der Waals surface area contributed by atoms with Gasteiger partial charge in [-0.3, -0.25) is 9.59 Å². The van der Waals surface area contributed by atoms with Crippen LogP contribution >= 0.6 is 11.3 Å². The van der Waals surface area contributed by atoms with Gasteiger partial charge in [-0.05, 0) is 35.9 Å². The number of para-hydroxylation sites is 1. The van der Waals surface area contributed by atoms with E-state index < -0.39 is 11.9 Å². The Hall–Kier alpha value is -3.19. The fourth-order valence-corrected chi connectivity index (χ4v) is 3.31. The zero-order valence-electron chi connectivity index (χ0n) is 13.2. The third-order valence-electron chi connectivity index (χ3n) is 3.66. The van der Waals surface area contributed by atoms with Gasteiger partial charge >= 0.3 is 10.8 Å². The maximum Gasteiger partial charge on any atom is 0.337 e. The number of amides is 1. The van der Waals surface area contributed by atoms with Crippen LogP contribution in [0, 0.1) is 0 Å². The van der Waals surface area contributed by atoms with Crippen LogP contribution in [-0.4, -0.2) is 21.6 Å². The molecular formula is C18H14N2O4S. The number of nitrogens with one attached hydrogen (secondary N) is 1. The minimum Gasteiger partial charge on any atom is -0.478 e. The highest BCUT2D eigenvalue weighted by molar-refractivity contribution is 7.16. The third-order valence-corrected chi connectivity index (χ3v) is 4.65. The molecular weight excluding hydrogens is 340 g/mol. The minimum absolute atomic E-state index is 0.0275. The van der Waals surface area contributed by atoms with Gasteiger partial charge in [-0.2, -0.15) is 0 Å². The normalized spacial score (nSPS) is 11.1. The minimum atomic E-state index is -1.11. The number of aromatic carboxylic acids is 1. The van der Waals surface area contributed by atoms with E-state index in [1.54, 1.807) is 29.8 Å². The van der Waals surface area contributed by atoms with Crippen LogP contribution in [0.5, 0.6) is 0 Å². The molecule has 1 amide bonds. The number of carboxylic acids is 1. The Morgan fingerprint density at radius 3 is 2.72 bits per heavy atom. The first-order valence-electron chi connectivity index (χ1n) is 7.36. The van der Waals surface area contributed by atoms with Crippen LogP contribution < -0.4 is 10.2 Å².